The molecule has 1 saturated heterocycles. The fraction of sp³-hybridized carbons (Fsp3) is 0.667. The third-order valence-electron chi connectivity index (χ3n) is 3.08. The average Bonchev–Trinajstić information content (AvgIpc) is 2.36. The van der Waals surface area contributed by atoms with E-state index in [1.165, 1.54) is 0 Å². The van der Waals surface area contributed by atoms with E-state index in [-0.39, 0.29) is 5.56 Å². The lowest BCUT2D eigenvalue weighted by molar-refractivity contribution is 0.0842. The van der Waals surface area contributed by atoms with Gasteiger partial charge in [-0.05, 0) is 35.2 Å². The minimum Gasteiger partial charge on any atom is -0.381 e. The Balaban J connectivity index is 2.29. The van der Waals surface area contributed by atoms with Gasteiger partial charge in [-0.2, -0.15) is 0 Å². The minimum absolute atomic E-state index is 0.0309. The van der Waals surface area contributed by atoms with Crippen LogP contribution in [-0.2, 0) is 11.3 Å². The van der Waals surface area contributed by atoms with Crippen molar-refractivity contribution in [1.29, 1.82) is 0 Å². The van der Waals surface area contributed by atoms with E-state index < -0.39 is 0 Å². The summed E-state index contributed by atoms with van der Waals surface area (Å²) in [5, 5.41) is 0. The highest BCUT2D eigenvalue weighted by atomic mass is 79.9. The lowest BCUT2D eigenvalue weighted by Crippen LogP contribution is -2.25. The van der Waals surface area contributed by atoms with Crippen molar-refractivity contribution in [3.8, 4) is 0 Å². The van der Waals surface area contributed by atoms with Crippen molar-refractivity contribution >= 4 is 15.9 Å². The van der Waals surface area contributed by atoms with Crippen molar-refractivity contribution < 1.29 is 4.74 Å². The Labute approximate surface area is 109 Å². The summed E-state index contributed by atoms with van der Waals surface area (Å²) >= 11 is 3.40. The molecular formula is C12H17BrN2O2. The second-order valence-corrected chi connectivity index (χ2v) is 5.12. The van der Waals surface area contributed by atoms with Crippen molar-refractivity contribution in [3.05, 3.63) is 26.8 Å². The first-order valence-electron chi connectivity index (χ1n) is 6.06. The Morgan fingerprint density at radius 2 is 2.24 bits per heavy atom. The molecule has 5 heteroatoms. The third kappa shape index (κ3) is 2.77. The summed E-state index contributed by atoms with van der Waals surface area (Å²) < 4.78 is 7.61. The maximum Gasteiger partial charge on any atom is 0.267 e. The molecule has 2 heterocycles. The molecule has 0 radical (unpaired) electrons. The normalized spacial score (nSPS) is 17.3. The quantitative estimate of drug-likeness (QED) is 0.860. The number of hydrogen-bond acceptors (Lipinski definition) is 3. The number of hydrogen-bond donors (Lipinski definition) is 0. The average molecular weight is 301 g/mol. The van der Waals surface area contributed by atoms with Gasteiger partial charge in [-0.1, -0.05) is 6.92 Å². The lowest BCUT2D eigenvalue weighted by atomic mass is 9.96. The van der Waals surface area contributed by atoms with Gasteiger partial charge >= 0.3 is 0 Å². The summed E-state index contributed by atoms with van der Waals surface area (Å²) in [6.45, 7) is 4.29. The van der Waals surface area contributed by atoms with Crippen LogP contribution in [0.15, 0.2) is 15.6 Å². The zero-order valence-corrected chi connectivity index (χ0v) is 11.6. The van der Waals surface area contributed by atoms with Gasteiger partial charge < -0.3 is 4.74 Å². The van der Waals surface area contributed by atoms with Crippen LogP contribution in [0.5, 0.6) is 0 Å². The molecule has 0 unspecified atom stereocenters. The van der Waals surface area contributed by atoms with E-state index in [1.54, 1.807) is 10.9 Å². The first kappa shape index (κ1) is 12.8. The van der Waals surface area contributed by atoms with Crippen LogP contribution < -0.4 is 5.56 Å². The molecule has 0 bridgehead atoms. The van der Waals surface area contributed by atoms with Gasteiger partial charge in [0.05, 0.1) is 12.0 Å². The summed E-state index contributed by atoms with van der Waals surface area (Å²) in [6, 6.07) is 0. The molecule has 0 aromatic carbocycles. The van der Waals surface area contributed by atoms with Crippen LogP contribution in [0.2, 0.25) is 0 Å². The second-order valence-electron chi connectivity index (χ2n) is 4.33. The first-order valence-corrected chi connectivity index (χ1v) is 6.86. The third-order valence-corrected chi connectivity index (χ3v) is 3.83. The van der Waals surface area contributed by atoms with Gasteiger partial charge in [0.25, 0.3) is 5.56 Å². The van der Waals surface area contributed by atoms with E-state index in [0.717, 1.165) is 44.7 Å². The Kier molecular flexibility index (Phi) is 4.34. The second kappa shape index (κ2) is 5.78. The molecule has 0 amide bonds. The van der Waals surface area contributed by atoms with E-state index >= 15 is 0 Å². The molecule has 0 spiro atoms. The smallest absolute Gasteiger partial charge is 0.267 e. The van der Waals surface area contributed by atoms with Crippen molar-refractivity contribution in [2.24, 2.45) is 0 Å². The SMILES string of the molecule is CCCn1cnc(C2CCOCC2)c(Br)c1=O. The maximum atomic E-state index is 12.1. The zero-order chi connectivity index (χ0) is 12.3. The molecule has 0 atom stereocenters. The van der Waals surface area contributed by atoms with Crippen LogP contribution >= 0.6 is 15.9 Å². The fourth-order valence-electron chi connectivity index (χ4n) is 2.13. The molecule has 2 rings (SSSR count). The van der Waals surface area contributed by atoms with E-state index in [9.17, 15) is 4.79 Å². The van der Waals surface area contributed by atoms with Crippen LogP contribution in [0.1, 0.15) is 37.8 Å². The number of halogens is 1. The van der Waals surface area contributed by atoms with Crippen LogP contribution in [0, 0.1) is 0 Å². The summed E-state index contributed by atoms with van der Waals surface area (Å²) in [4.78, 5) is 16.5. The fourth-order valence-corrected chi connectivity index (χ4v) is 2.79. The van der Waals surface area contributed by atoms with Gasteiger partial charge in [0.2, 0.25) is 0 Å². The predicted octanol–water partition coefficient (Wildman–Crippen LogP) is 2.31. The number of aryl methyl sites for hydroxylation is 1. The van der Waals surface area contributed by atoms with Crippen molar-refractivity contribution in [3.63, 3.8) is 0 Å². The number of rotatable bonds is 3. The van der Waals surface area contributed by atoms with Gasteiger partial charge in [0.1, 0.15) is 4.47 Å². The zero-order valence-electron chi connectivity index (χ0n) is 9.99. The van der Waals surface area contributed by atoms with Gasteiger partial charge in [-0.3, -0.25) is 9.36 Å². The molecular weight excluding hydrogens is 284 g/mol. The van der Waals surface area contributed by atoms with Crippen molar-refractivity contribution in [1.82, 2.24) is 9.55 Å². The molecule has 1 fully saturated rings. The van der Waals surface area contributed by atoms with Gasteiger partial charge in [0, 0.05) is 25.7 Å². The highest BCUT2D eigenvalue weighted by Crippen LogP contribution is 2.28. The van der Waals surface area contributed by atoms with E-state index in [1.807, 2.05) is 6.92 Å². The summed E-state index contributed by atoms with van der Waals surface area (Å²) in [5.41, 5.74) is 0.925. The molecule has 0 aliphatic carbocycles. The van der Waals surface area contributed by atoms with Crippen molar-refractivity contribution in [2.75, 3.05) is 13.2 Å². The molecule has 1 aromatic heterocycles. The molecule has 1 aromatic rings. The van der Waals surface area contributed by atoms with Crippen LogP contribution in [-0.4, -0.2) is 22.8 Å². The van der Waals surface area contributed by atoms with Crippen LogP contribution in [0.3, 0.4) is 0 Å². The Morgan fingerprint density at radius 1 is 1.53 bits per heavy atom. The van der Waals surface area contributed by atoms with Gasteiger partial charge in [-0.25, -0.2) is 4.98 Å². The highest BCUT2D eigenvalue weighted by Gasteiger charge is 2.21. The van der Waals surface area contributed by atoms with Crippen molar-refractivity contribution in [2.45, 2.75) is 38.6 Å². The van der Waals surface area contributed by atoms with Gasteiger partial charge in [0.15, 0.2) is 0 Å². The number of aromatic nitrogens is 2. The molecule has 94 valence electrons. The monoisotopic (exact) mass is 300 g/mol. The molecule has 0 saturated carbocycles. The largest absolute Gasteiger partial charge is 0.381 e. The Hall–Kier alpha value is -0.680. The highest BCUT2D eigenvalue weighted by molar-refractivity contribution is 9.10. The standard InChI is InChI=1S/C12H17BrN2O2/c1-2-5-15-8-14-11(10(13)12(15)16)9-3-6-17-7-4-9/h8-9H,2-7H2,1H3. The number of nitrogens with zero attached hydrogens (tertiary/aromatic N) is 2. The van der Waals surface area contributed by atoms with E-state index in [0.29, 0.717) is 10.4 Å². The molecule has 0 N–H and O–H groups in total. The predicted molar refractivity (Wildman–Crippen MR) is 69.3 cm³/mol. The minimum atomic E-state index is 0.0309. The Bertz CT molecular complexity index is 439. The first-order chi connectivity index (χ1) is 8.24. The maximum absolute atomic E-state index is 12.1. The Morgan fingerprint density at radius 3 is 2.88 bits per heavy atom. The van der Waals surface area contributed by atoms with Crippen LogP contribution in [0.25, 0.3) is 0 Å². The summed E-state index contributed by atoms with van der Waals surface area (Å²) in [6.07, 6.45) is 4.50. The lowest BCUT2D eigenvalue weighted by Gasteiger charge is -2.22. The molecule has 1 aliphatic heterocycles. The van der Waals surface area contributed by atoms with E-state index in [2.05, 4.69) is 20.9 Å². The molecule has 17 heavy (non-hydrogen) atoms. The van der Waals surface area contributed by atoms with Gasteiger partial charge in [-0.15, -0.1) is 0 Å². The summed E-state index contributed by atoms with van der Waals surface area (Å²) in [5.74, 6) is 0.349. The number of ether oxygens (including phenoxy) is 1. The molecule has 1 aliphatic rings. The molecule has 4 nitrogen and oxygen atoms in total. The van der Waals surface area contributed by atoms with E-state index in [4.69, 9.17) is 4.74 Å². The summed E-state index contributed by atoms with van der Waals surface area (Å²) in [7, 11) is 0. The van der Waals surface area contributed by atoms with Crippen LogP contribution in [0.4, 0.5) is 0 Å². The topological polar surface area (TPSA) is 44.1 Å².